The van der Waals surface area contributed by atoms with E-state index in [1.54, 1.807) is 0 Å². The molecule has 0 bridgehead atoms. The van der Waals surface area contributed by atoms with Crippen LogP contribution in [-0.2, 0) is 19.2 Å². The number of carbonyl (C=O) groups excluding carboxylic acids is 3. The summed E-state index contributed by atoms with van der Waals surface area (Å²) in [4.78, 5) is 45.9. The molecule has 0 aliphatic carbocycles. The van der Waals surface area contributed by atoms with Gasteiger partial charge < -0.3 is 37.6 Å². The number of hydrogen-bond donors (Lipinski definition) is 7. The molecule has 0 aliphatic heterocycles. The standard InChI is InChI=1S/C14H27N5O6/c1-8(18-13(24)9(16)4-2-3-5-15)12(23)19-10(7-20)14(25)17-6-11(21)22/h8-10,20H,2-7,15-16H2,1H3,(H,17,25)(H,18,24)(H,19,23)(H,21,22)/t8-,9-,10-/m0/s1. The summed E-state index contributed by atoms with van der Waals surface area (Å²) < 4.78 is 0. The summed E-state index contributed by atoms with van der Waals surface area (Å²) in [5.74, 6) is -3.35. The van der Waals surface area contributed by atoms with Gasteiger partial charge in [0, 0.05) is 0 Å². The van der Waals surface area contributed by atoms with Gasteiger partial charge >= 0.3 is 5.97 Å². The summed E-state index contributed by atoms with van der Waals surface area (Å²) in [6.45, 7) is 0.522. The molecule has 11 nitrogen and oxygen atoms in total. The fourth-order valence-corrected chi connectivity index (χ4v) is 1.80. The number of unbranched alkanes of at least 4 members (excludes halogenated alkanes) is 1. The topological polar surface area (TPSA) is 197 Å². The minimum absolute atomic E-state index is 0.425. The van der Waals surface area contributed by atoms with Crippen LogP contribution in [0.15, 0.2) is 0 Å². The first-order chi connectivity index (χ1) is 11.7. The molecule has 0 spiro atoms. The molecular formula is C14H27N5O6. The second-order valence-corrected chi connectivity index (χ2v) is 5.48. The number of aliphatic carboxylic acids is 1. The minimum atomic E-state index is -1.33. The zero-order valence-corrected chi connectivity index (χ0v) is 14.2. The van der Waals surface area contributed by atoms with Crippen molar-refractivity contribution in [3.8, 4) is 0 Å². The third-order valence-electron chi connectivity index (χ3n) is 3.29. The number of carboxylic acid groups (broad SMARTS) is 1. The minimum Gasteiger partial charge on any atom is -0.480 e. The Balaban J connectivity index is 4.44. The quantitative estimate of drug-likeness (QED) is 0.175. The van der Waals surface area contributed by atoms with E-state index in [-0.39, 0.29) is 0 Å². The highest BCUT2D eigenvalue weighted by Gasteiger charge is 2.25. The predicted octanol–water partition coefficient (Wildman–Crippen LogP) is -3.37. The molecule has 0 aromatic heterocycles. The average Bonchev–Trinajstić information content (AvgIpc) is 2.56. The molecule has 9 N–H and O–H groups in total. The van der Waals surface area contributed by atoms with E-state index in [2.05, 4.69) is 10.6 Å². The number of carbonyl (C=O) groups is 4. The van der Waals surface area contributed by atoms with E-state index in [0.717, 1.165) is 6.42 Å². The Morgan fingerprint density at radius 3 is 2.20 bits per heavy atom. The lowest BCUT2D eigenvalue weighted by Gasteiger charge is -2.20. The van der Waals surface area contributed by atoms with Crippen molar-refractivity contribution >= 4 is 23.7 Å². The van der Waals surface area contributed by atoms with Gasteiger partial charge in [-0.25, -0.2) is 0 Å². The van der Waals surface area contributed by atoms with Crippen LogP contribution in [0.5, 0.6) is 0 Å². The number of aliphatic hydroxyl groups excluding tert-OH is 1. The summed E-state index contributed by atoms with van der Waals surface area (Å²) in [6.07, 6.45) is 1.84. The second kappa shape index (κ2) is 12.2. The average molecular weight is 361 g/mol. The summed E-state index contributed by atoms with van der Waals surface area (Å²) in [5.41, 5.74) is 11.1. The van der Waals surface area contributed by atoms with Gasteiger partial charge in [0.1, 0.15) is 18.6 Å². The Kier molecular flexibility index (Phi) is 11.1. The number of hydrogen-bond acceptors (Lipinski definition) is 7. The molecule has 0 aromatic rings. The van der Waals surface area contributed by atoms with Crippen molar-refractivity contribution in [3.05, 3.63) is 0 Å². The Hall–Kier alpha value is -2.24. The maximum absolute atomic E-state index is 12.0. The van der Waals surface area contributed by atoms with Crippen molar-refractivity contribution in [1.29, 1.82) is 0 Å². The van der Waals surface area contributed by atoms with Gasteiger partial charge in [0.25, 0.3) is 0 Å². The summed E-state index contributed by atoms with van der Waals surface area (Å²) in [7, 11) is 0. The monoisotopic (exact) mass is 361 g/mol. The largest absolute Gasteiger partial charge is 0.480 e. The number of aliphatic hydroxyl groups is 1. The molecule has 0 aromatic carbocycles. The SMILES string of the molecule is C[C@H](NC(=O)[C@@H](N)CCCCN)C(=O)N[C@@H](CO)C(=O)NCC(=O)O. The number of nitrogens with two attached hydrogens (primary N) is 2. The van der Waals surface area contributed by atoms with Crippen molar-refractivity contribution in [2.24, 2.45) is 11.5 Å². The molecule has 144 valence electrons. The van der Waals surface area contributed by atoms with Gasteiger partial charge in [0.15, 0.2) is 0 Å². The molecule has 0 fully saturated rings. The predicted molar refractivity (Wildman–Crippen MR) is 88.1 cm³/mol. The molecule has 0 radical (unpaired) electrons. The zero-order valence-electron chi connectivity index (χ0n) is 14.2. The molecule has 0 heterocycles. The van der Waals surface area contributed by atoms with Gasteiger partial charge in [-0.1, -0.05) is 6.42 Å². The van der Waals surface area contributed by atoms with Crippen LogP contribution in [0.2, 0.25) is 0 Å². The van der Waals surface area contributed by atoms with Crippen molar-refractivity contribution in [1.82, 2.24) is 16.0 Å². The highest BCUT2D eigenvalue weighted by Crippen LogP contribution is 1.99. The third kappa shape index (κ3) is 9.59. The molecule has 0 rings (SSSR count). The van der Waals surface area contributed by atoms with Crippen LogP contribution < -0.4 is 27.4 Å². The lowest BCUT2D eigenvalue weighted by atomic mass is 10.1. The highest BCUT2D eigenvalue weighted by atomic mass is 16.4. The van der Waals surface area contributed by atoms with Crippen LogP contribution in [0.1, 0.15) is 26.2 Å². The van der Waals surface area contributed by atoms with Gasteiger partial charge in [-0.05, 0) is 26.3 Å². The van der Waals surface area contributed by atoms with Gasteiger partial charge in [-0.2, -0.15) is 0 Å². The van der Waals surface area contributed by atoms with Crippen molar-refractivity contribution in [3.63, 3.8) is 0 Å². The van der Waals surface area contributed by atoms with Gasteiger partial charge in [0.05, 0.1) is 12.6 Å². The lowest BCUT2D eigenvalue weighted by Crippen LogP contribution is -2.56. The van der Waals surface area contributed by atoms with Crippen molar-refractivity contribution in [2.45, 2.75) is 44.3 Å². The molecule has 0 saturated heterocycles. The maximum atomic E-state index is 12.0. The van der Waals surface area contributed by atoms with Gasteiger partial charge in [-0.3, -0.25) is 19.2 Å². The molecular weight excluding hydrogens is 334 g/mol. The third-order valence-corrected chi connectivity index (χ3v) is 3.29. The van der Waals surface area contributed by atoms with Crippen LogP contribution in [0.25, 0.3) is 0 Å². The van der Waals surface area contributed by atoms with Crippen LogP contribution in [0.3, 0.4) is 0 Å². The Morgan fingerprint density at radius 1 is 1.04 bits per heavy atom. The van der Waals surface area contributed by atoms with Crippen LogP contribution in [0, 0.1) is 0 Å². The van der Waals surface area contributed by atoms with E-state index in [1.165, 1.54) is 6.92 Å². The fraction of sp³-hybridized carbons (Fsp3) is 0.714. The van der Waals surface area contributed by atoms with Crippen LogP contribution in [-0.4, -0.2) is 71.7 Å². The fourth-order valence-electron chi connectivity index (χ4n) is 1.80. The highest BCUT2D eigenvalue weighted by molar-refractivity contribution is 5.93. The van der Waals surface area contributed by atoms with E-state index >= 15 is 0 Å². The van der Waals surface area contributed by atoms with Gasteiger partial charge in [-0.15, -0.1) is 0 Å². The molecule has 0 unspecified atom stereocenters. The smallest absolute Gasteiger partial charge is 0.322 e. The summed E-state index contributed by atoms with van der Waals surface area (Å²) >= 11 is 0. The summed E-state index contributed by atoms with van der Waals surface area (Å²) in [6, 6.07) is -3.10. The van der Waals surface area contributed by atoms with E-state index in [9.17, 15) is 19.2 Å². The molecule has 3 atom stereocenters. The number of nitrogens with one attached hydrogen (secondary N) is 3. The number of rotatable bonds is 12. The molecule has 3 amide bonds. The van der Waals surface area contributed by atoms with E-state index < -0.39 is 55.0 Å². The molecule has 0 saturated carbocycles. The van der Waals surface area contributed by atoms with E-state index in [0.29, 0.717) is 19.4 Å². The first-order valence-electron chi connectivity index (χ1n) is 7.89. The van der Waals surface area contributed by atoms with E-state index in [4.69, 9.17) is 21.7 Å². The maximum Gasteiger partial charge on any atom is 0.322 e. The molecule has 0 aliphatic rings. The Bertz CT molecular complexity index is 473. The number of amides is 3. The molecule has 11 heteroatoms. The second-order valence-electron chi connectivity index (χ2n) is 5.48. The normalized spacial score (nSPS) is 14.1. The first-order valence-corrected chi connectivity index (χ1v) is 7.89. The number of carboxylic acids is 1. The van der Waals surface area contributed by atoms with Crippen molar-refractivity contribution in [2.75, 3.05) is 19.7 Å². The van der Waals surface area contributed by atoms with Crippen molar-refractivity contribution < 1.29 is 29.4 Å². The van der Waals surface area contributed by atoms with Crippen LogP contribution in [0.4, 0.5) is 0 Å². The van der Waals surface area contributed by atoms with Gasteiger partial charge in [0.2, 0.25) is 17.7 Å². The lowest BCUT2D eigenvalue weighted by molar-refractivity contribution is -0.138. The molecule has 25 heavy (non-hydrogen) atoms. The Labute approximate surface area is 145 Å². The zero-order chi connectivity index (χ0) is 19.4. The first kappa shape index (κ1) is 22.8. The van der Waals surface area contributed by atoms with E-state index in [1.807, 2.05) is 5.32 Å². The summed E-state index contributed by atoms with van der Waals surface area (Å²) in [5, 5.41) is 24.3. The van der Waals surface area contributed by atoms with Crippen LogP contribution >= 0.6 is 0 Å². The Morgan fingerprint density at radius 2 is 1.68 bits per heavy atom.